The predicted molar refractivity (Wildman–Crippen MR) is 93.4 cm³/mol. The molecule has 0 spiro atoms. The first-order valence-corrected chi connectivity index (χ1v) is 8.09. The van der Waals surface area contributed by atoms with Crippen molar-refractivity contribution >= 4 is 11.8 Å². The van der Waals surface area contributed by atoms with Gasteiger partial charge >= 0.3 is 5.97 Å². The summed E-state index contributed by atoms with van der Waals surface area (Å²) < 4.78 is 5.13. The minimum Gasteiger partial charge on any atom is -0.457 e. The van der Waals surface area contributed by atoms with Gasteiger partial charge in [0.15, 0.2) is 12.4 Å². The summed E-state index contributed by atoms with van der Waals surface area (Å²) in [5.41, 5.74) is 7.95. The minimum absolute atomic E-state index is 0.265. The molecule has 2 rings (SSSR count). The molecule has 0 aliphatic carbocycles. The molecule has 0 aromatic heterocycles. The molecule has 0 saturated carbocycles. The van der Waals surface area contributed by atoms with Gasteiger partial charge in [0.1, 0.15) is 0 Å². The van der Waals surface area contributed by atoms with Crippen LogP contribution >= 0.6 is 0 Å². The van der Waals surface area contributed by atoms with E-state index in [0.717, 1.165) is 11.1 Å². The maximum atomic E-state index is 12.0. The topological polar surface area (TPSA) is 69.4 Å². The summed E-state index contributed by atoms with van der Waals surface area (Å²) in [4.78, 5) is 24.0. The van der Waals surface area contributed by atoms with E-state index >= 15 is 0 Å². The number of esters is 1. The van der Waals surface area contributed by atoms with Gasteiger partial charge in [0.2, 0.25) is 0 Å². The van der Waals surface area contributed by atoms with Crippen LogP contribution in [0.1, 0.15) is 18.1 Å². The molecular formula is C20H23NO3. The lowest BCUT2D eigenvalue weighted by Crippen LogP contribution is -2.36. The van der Waals surface area contributed by atoms with Gasteiger partial charge in [-0.1, -0.05) is 67.6 Å². The fraction of sp³-hybridized carbons (Fsp3) is 0.300. The lowest BCUT2D eigenvalue weighted by Gasteiger charge is -2.14. The first kappa shape index (κ1) is 17.9. The van der Waals surface area contributed by atoms with Crippen molar-refractivity contribution in [2.24, 2.45) is 11.7 Å². The first-order chi connectivity index (χ1) is 11.6. The SMILES string of the molecule is CC(Cc1ccccc1)C(=O)OCC(=O)C(N)Cc1ccccc1. The Kier molecular flexibility index (Phi) is 6.70. The van der Waals surface area contributed by atoms with Crippen LogP contribution in [-0.4, -0.2) is 24.4 Å². The summed E-state index contributed by atoms with van der Waals surface area (Å²) in [5.74, 6) is -0.941. The van der Waals surface area contributed by atoms with Crippen molar-refractivity contribution in [2.45, 2.75) is 25.8 Å². The summed E-state index contributed by atoms with van der Waals surface area (Å²) in [6.45, 7) is 1.52. The van der Waals surface area contributed by atoms with E-state index in [1.807, 2.05) is 60.7 Å². The highest BCUT2D eigenvalue weighted by atomic mass is 16.5. The summed E-state index contributed by atoms with van der Waals surface area (Å²) in [6, 6.07) is 18.6. The molecular weight excluding hydrogens is 302 g/mol. The highest BCUT2D eigenvalue weighted by molar-refractivity contribution is 5.87. The van der Waals surface area contributed by atoms with E-state index in [2.05, 4.69) is 0 Å². The lowest BCUT2D eigenvalue weighted by molar-refractivity contribution is -0.151. The van der Waals surface area contributed by atoms with Gasteiger partial charge in [0, 0.05) is 0 Å². The number of hydrogen-bond donors (Lipinski definition) is 1. The molecule has 0 amide bonds. The molecule has 2 N–H and O–H groups in total. The molecule has 0 radical (unpaired) electrons. The summed E-state index contributed by atoms with van der Waals surface area (Å²) in [7, 11) is 0. The third-order valence-corrected chi connectivity index (χ3v) is 3.86. The highest BCUT2D eigenvalue weighted by Gasteiger charge is 2.19. The molecule has 4 heteroatoms. The zero-order chi connectivity index (χ0) is 17.4. The van der Waals surface area contributed by atoms with Gasteiger partial charge < -0.3 is 10.5 Å². The van der Waals surface area contributed by atoms with Gasteiger partial charge in [-0.05, 0) is 24.0 Å². The highest BCUT2D eigenvalue weighted by Crippen LogP contribution is 2.10. The van der Waals surface area contributed by atoms with Gasteiger partial charge in [0.25, 0.3) is 0 Å². The Labute approximate surface area is 142 Å². The monoisotopic (exact) mass is 325 g/mol. The second-order valence-electron chi connectivity index (χ2n) is 5.96. The van der Waals surface area contributed by atoms with E-state index in [4.69, 9.17) is 10.5 Å². The van der Waals surface area contributed by atoms with Gasteiger partial charge in [-0.2, -0.15) is 0 Å². The number of carbonyl (C=O) groups is 2. The number of nitrogens with two attached hydrogens (primary N) is 1. The molecule has 2 aromatic carbocycles. The van der Waals surface area contributed by atoms with Crippen molar-refractivity contribution in [3.8, 4) is 0 Å². The number of benzene rings is 2. The van der Waals surface area contributed by atoms with Crippen LogP contribution in [-0.2, 0) is 27.2 Å². The Morgan fingerprint density at radius 2 is 1.42 bits per heavy atom. The van der Waals surface area contributed by atoms with Crippen LogP contribution in [0.15, 0.2) is 60.7 Å². The van der Waals surface area contributed by atoms with Gasteiger partial charge in [-0.25, -0.2) is 0 Å². The molecule has 0 fully saturated rings. The largest absolute Gasteiger partial charge is 0.457 e. The maximum absolute atomic E-state index is 12.0. The summed E-state index contributed by atoms with van der Waals surface area (Å²) >= 11 is 0. The van der Waals surface area contributed by atoms with E-state index in [9.17, 15) is 9.59 Å². The van der Waals surface area contributed by atoms with Crippen LogP contribution in [0.4, 0.5) is 0 Å². The number of Topliss-reactive ketones (excluding diaryl/α,β-unsaturated/α-hetero) is 1. The molecule has 0 bridgehead atoms. The Morgan fingerprint density at radius 1 is 0.917 bits per heavy atom. The van der Waals surface area contributed by atoms with Crippen molar-refractivity contribution in [2.75, 3.05) is 6.61 Å². The molecule has 0 aliphatic heterocycles. The van der Waals surface area contributed by atoms with Crippen LogP contribution < -0.4 is 5.73 Å². The Hall–Kier alpha value is -2.46. The first-order valence-electron chi connectivity index (χ1n) is 8.09. The molecule has 0 heterocycles. The van der Waals surface area contributed by atoms with Gasteiger partial charge in [-0.3, -0.25) is 9.59 Å². The average Bonchev–Trinajstić information content (AvgIpc) is 2.61. The fourth-order valence-electron chi connectivity index (χ4n) is 2.42. The van der Waals surface area contributed by atoms with Crippen LogP contribution in [0.2, 0.25) is 0 Å². The molecule has 2 aromatic rings. The van der Waals surface area contributed by atoms with Crippen LogP contribution in [0.25, 0.3) is 0 Å². The number of ether oxygens (including phenoxy) is 1. The zero-order valence-corrected chi connectivity index (χ0v) is 13.9. The van der Waals surface area contributed by atoms with Crippen molar-refractivity contribution in [3.05, 3.63) is 71.8 Å². The van der Waals surface area contributed by atoms with Crippen molar-refractivity contribution < 1.29 is 14.3 Å². The number of ketones is 1. The van der Waals surface area contributed by atoms with Crippen molar-refractivity contribution in [1.82, 2.24) is 0 Å². The molecule has 126 valence electrons. The van der Waals surface area contributed by atoms with E-state index < -0.39 is 6.04 Å². The maximum Gasteiger partial charge on any atom is 0.309 e. The number of rotatable bonds is 8. The lowest BCUT2D eigenvalue weighted by atomic mass is 10.0. The molecule has 2 atom stereocenters. The van der Waals surface area contributed by atoms with Crippen LogP contribution in [0.5, 0.6) is 0 Å². The normalized spacial score (nSPS) is 13.1. The molecule has 0 saturated heterocycles. The van der Waals surface area contributed by atoms with Crippen LogP contribution in [0.3, 0.4) is 0 Å². The van der Waals surface area contributed by atoms with E-state index in [-0.39, 0.29) is 24.3 Å². The summed E-state index contributed by atoms with van der Waals surface area (Å²) in [6.07, 6.45) is 1.03. The number of hydrogen-bond acceptors (Lipinski definition) is 4. The fourth-order valence-corrected chi connectivity index (χ4v) is 2.42. The Balaban J connectivity index is 1.77. The van der Waals surface area contributed by atoms with Crippen LogP contribution in [0, 0.1) is 5.92 Å². The molecule has 4 nitrogen and oxygen atoms in total. The Morgan fingerprint density at radius 3 is 1.96 bits per heavy atom. The quantitative estimate of drug-likeness (QED) is 0.757. The average molecular weight is 325 g/mol. The standard InChI is InChI=1S/C20H23NO3/c1-15(12-16-8-4-2-5-9-16)20(23)24-14-19(22)18(21)13-17-10-6-3-7-11-17/h2-11,15,18H,12-14,21H2,1H3. The predicted octanol–water partition coefficient (Wildman–Crippen LogP) is 2.55. The van der Waals surface area contributed by atoms with Gasteiger partial charge in [-0.15, -0.1) is 0 Å². The molecule has 24 heavy (non-hydrogen) atoms. The third kappa shape index (κ3) is 5.63. The van der Waals surface area contributed by atoms with E-state index in [1.54, 1.807) is 6.92 Å². The molecule has 2 unspecified atom stereocenters. The summed E-state index contributed by atoms with van der Waals surface area (Å²) in [5, 5.41) is 0. The molecule has 0 aliphatic rings. The smallest absolute Gasteiger partial charge is 0.309 e. The van der Waals surface area contributed by atoms with Gasteiger partial charge in [0.05, 0.1) is 12.0 Å². The second kappa shape index (κ2) is 8.99. The van der Waals surface area contributed by atoms with Crippen molar-refractivity contribution in [3.63, 3.8) is 0 Å². The Bertz CT molecular complexity index is 596. The van der Waals surface area contributed by atoms with E-state index in [0.29, 0.717) is 12.8 Å². The number of carbonyl (C=O) groups excluding carboxylic acids is 2. The zero-order valence-electron chi connectivity index (χ0n) is 13.9. The third-order valence-electron chi connectivity index (χ3n) is 3.86. The van der Waals surface area contributed by atoms with Crippen molar-refractivity contribution in [1.29, 1.82) is 0 Å². The second-order valence-corrected chi connectivity index (χ2v) is 5.96. The minimum atomic E-state index is -0.662. The van der Waals surface area contributed by atoms with E-state index in [1.165, 1.54) is 0 Å².